The maximum atomic E-state index is 12.2. The van der Waals surface area contributed by atoms with E-state index in [0.29, 0.717) is 30.3 Å². The van der Waals surface area contributed by atoms with Crippen molar-refractivity contribution in [2.75, 3.05) is 26.8 Å². The van der Waals surface area contributed by atoms with Crippen LogP contribution in [0.1, 0.15) is 17.3 Å². The van der Waals surface area contributed by atoms with Gasteiger partial charge in [-0.2, -0.15) is 0 Å². The van der Waals surface area contributed by atoms with Crippen LogP contribution in [0.4, 0.5) is 0 Å². The van der Waals surface area contributed by atoms with Crippen molar-refractivity contribution >= 4 is 33.4 Å². The number of benzene rings is 1. The first-order valence-corrected chi connectivity index (χ1v) is 6.50. The fourth-order valence-electron chi connectivity index (χ4n) is 1.42. The molecule has 17 heavy (non-hydrogen) atoms. The lowest BCUT2D eigenvalue weighted by Crippen LogP contribution is -2.33. The molecular formula is C12H15BrClNO2. The second kappa shape index (κ2) is 6.99. The first-order chi connectivity index (χ1) is 8.10. The highest BCUT2D eigenvalue weighted by molar-refractivity contribution is 9.10. The molecule has 0 saturated heterocycles. The van der Waals surface area contributed by atoms with E-state index >= 15 is 0 Å². The largest absolute Gasteiger partial charge is 0.383 e. The maximum absolute atomic E-state index is 12.2. The fourth-order valence-corrected chi connectivity index (χ4v) is 1.91. The van der Waals surface area contributed by atoms with Crippen LogP contribution >= 0.6 is 27.5 Å². The Balaban J connectivity index is 2.82. The van der Waals surface area contributed by atoms with Crippen LogP contribution in [0.15, 0.2) is 22.7 Å². The van der Waals surface area contributed by atoms with Crippen molar-refractivity contribution in [2.24, 2.45) is 0 Å². The SMILES string of the molecule is CCN(CCOC)C(=O)c1ccc(Cl)c(Br)c1. The summed E-state index contributed by atoms with van der Waals surface area (Å²) in [5.41, 5.74) is 0.624. The van der Waals surface area contributed by atoms with Gasteiger partial charge in [0.25, 0.3) is 5.91 Å². The van der Waals surface area contributed by atoms with Gasteiger partial charge in [-0.3, -0.25) is 4.79 Å². The number of nitrogens with zero attached hydrogens (tertiary/aromatic N) is 1. The number of ether oxygens (including phenoxy) is 1. The Morgan fingerprint density at radius 3 is 2.76 bits per heavy atom. The standard InChI is InChI=1S/C12H15BrClNO2/c1-3-15(6-7-17-2)12(16)9-4-5-11(14)10(13)8-9/h4-5,8H,3,6-7H2,1-2H3. The second-order valence-corrected chi connectivity index (χ2v) is 4.77. The monoisotopic (exact) mass is 319 g/mol. The van der Waals surface area contributed by atoms with Gasteiger partial charge in [0, 0.05) is 30.2 Å². The van der Waals surface area contributed by atoms with Crippen LogP contribution in [0.25, 0.3) is 0 Å². The molecule has 0 aliphatic carbocycles. The normalized spacial score (nSPS) is 10.4. The van der Waals surface area contributed by atoms with Gasteiger partial charge in [-0.1, -0.05) is 11.6 Å². The summed E-state index contributed by atoms with van der Waals surface area (Å²) in [7, 11) is 1.62. The third-order valence-electron chi connectivity index (χ3n) is 2.40. The molecule has 1 amide bonds. The molecule has 0 unspecified atom stereocenters. The van der Waals surface area contributed by atoms with Gasteiger partial charge >= 0.3 is 0 Å². The first kappa shape index (κ1) is 14.5. The van der Waals surface area contributed by atoms with Gasteiger partial charge in [0.05, 0.1) is 11.6 Å². The number of methoxy groups -OCH3 is 1. The topological polar surface area (TPSA) is 29.5 Å². The average molecular weight is 321 g/mol. The molecule has 0 spiro atoms. The van der Waals surface area contributed by atoms with Crippen molar-refractivity contribution in [3.8, 4) is 0 Å². The zero-order valence-electron chi connectivity index (χ0n) is 9.87. The van der Waals surface area contributed by atoms with Crippen LogP contribution in [-0.4, -0.2) is 37.6 Å². The summed E-state index contributed by atoms with van der Waals surface area (Å²) < 4.78 is 5.71. The highest BCUT2D eigenvalue weighted by Crippen LogP contribution is 2.23. The molecule has 94 valence electrons. The number of hydrogen-bond acceptors (Lipinski definition) is 2. The van der Waals surface area contributed by atoms with E-state index in [4.69, 9.17) is 16.3 Å². The zero-order valence-corrected chi connectivity index (χ0v) is 12.2. The predicted molar refractivity (Wildman–Crippen MR) is 72.6 cm³/mol. The van der Waals surface area contributed by atoms with E-state index in [1.54, 1.807) is 30.2 Å². The lowest BCUT2D eigenvalue weighted by atomic mass is 10.2. The Morgan fingerprint density at radius 2 is 2.24 bits per heavy atom. The van der Waals surface area contributed by atoms with Gasteiger partial charge in [-0.15, -0.1) is 0 Å². The summed E-state index contributed by atoms with van der Waals surface area (Å²) in [4.78, 5) is 13.9. The molecule has 1 rings (SSSR count). The van der Waals surface area contributed by atoms with Crippen LogP contribution < -0.4 is 0 Å². The molecule has 0 atom stereocenters. The molecule has 0 saturated carbocycles. The summed E-state index contributed by atoms with van der Waals surface area (Å²) in [5.74, 6) is -0.0121. The minimum absolute atomic E-state index is 0.0121. The van der Waals surface area contributed by atoms with Crippen molar-refractivity contribution in [2.45, 2.75) is 6.92 Å². The first-order valence-electron chi connectivity index (χ1n) is 5.33. The quantitative estimate of drug-likeness (QED) is 0.834. The number of likely N-dealkylation sites (N-methyl/N-ethyl adjacent to an activating group) is 1. The van der Waals surface area contributed by atoms with Crippen molar-refractivity contribution < 1.29 is 9.53 Å². The molecule has 0 heterocycles. The summed E-state index contributed by atoms with van der Waals surface area (Å²) in [6.45, 7) is 3.72. The van der Waals surface area contributed by atoms with Gasteiger partial charge in [0.15, 0.2) is 0 Å². The molecule has 0 aliphatic rings. The minimum atomic E-state index is -0.0121. The molecule has 1 aromatic carbocycles. The van der Waals surface area contributed by atoms with Gasteiger partial charge in [0.1, 0.15) is 0 Å². The molecule has 0 aromatic heterocycles. The van der Waals surface area contributed by atoms with Crippen LogP contribution in [0.3, 0.4) is 0 Å². The van der Waals surface area contributed by atoms with Crippen LogP contribution in [0.2, 0.25) is 5.02 Å². The van der Waals surface area contributed by atoms with Gasteiger partial charge in [0.2, 0.25) is 0 Å². The lowest BCUT2D eigenvalue weighted by Gasteiger charge is -2.20. The van der Waals surface area contributed by atoms with E-state index in [1.807, 2.05) is 6.92 Å². The predicted octanol–water partition coefficient (Wildman–Crippen LogP) is 3.21. The van der Waals surface area contributed by atoms with Crippen LogP contribution in [0.5, 0.6) is 0 Å². The van der Waals surface area contributed by atoms with Gasteiger partial charge < -0.3 is 9.64 Å². The third-order valence-corrected chi connectivity index (χ3v) is 3.61. The van der Waals surface area contributed by atoms with E-state index in [9.17, 15) is 4.79 Å². The highest BCUT2D eigenvalue weighted by Gasteiger charge is 2.14. The van der Waals surface area contributed by atoms with Crippen molar-refractivity contribution in [1.82, 2.24) is 4.90 Å². The van der Waals surface area contributed by atoms with Crippen molar-refractivity contribution in [3.05, 3.63) is 33.3 Å². The molecule has 5 heteroatoms. The number of hydrogen-bond donors (Lipinski definition) is 0. The van der Waals surface area contributed by atoms with Gasteiger partial charge in [-0.25, -0.2) is 0 Å². The summed E-state index contributed by atoms with van der Waals surface area (Å²) in [6.07, 6.45) is 0. The highest BCUT2D eigenvalue weighted by atomic mass is 79.9. The minimum Gasteiger partial charge on any atom is -0.383 e. The second-order valence-electron chi connectivity index (χ2n) is 3.51. The molecule has 0 N–H and O–H groups in total. The lowest BCUT2D eigenvalue weighted by molar-refractivity contribution is 0.0706. The van der Waals surface area contributed by atoms with Crippen molar-refractivity contribution in [1.29, 1.82) is 0 Å². The smallest absolute Gasteiger partial charge is 0.253 e. The molecule has 0 bridgehead atoms. The molecule has 3 nitrogen and oxygen atoms in total. The van der Waals surface area contributed by atoms with E-state index in [1.165, 1.54) is 0 Å². The Kier molecular flexibility index (Phi) is 5.95. The molecule has 1 aromatic rings. The van der Waals surface area contributed by atoms with Gasteiger partial charge in [-0.05, 0) is 41.1 Å². The number of carbonyl (C=O) groups is 1. The van der Waals surface area contributed by atoms with Crippen LogP contribution in [0, 0.1) is 0 Å². The van der Waals surface area contributed by atoms with E-state index < -0.39 is 0 Å². The van der Waals surface area contributed by atoms with Crippen molar-refractivity contribution in [3.63, 3.8) is 0 Å². The Labute approximate surface area is 115 Å². The number of amides is 1. The molecule has 0 aliphatic heterocycles. The summed E-state index contributed by atoms with van der Waals surface area (Å²) in [6, 6.07) is 5.17. The van der Waals surface area contributed by atoms with E-state index in [-0.39, 0.29) is 5.91 Å². The number of rotatable bonds is 5. The van der Waals surface area contributed by atoms with E-state index in [2.05, 4.69) is 15.9 Å². The molecule has 0 fully saturated rings. The maximum Gasteiger partial charge on any atom is 0.253 e. The fraction of sp³-hybridized carbons (Fsp3) is 0.417. The average Bonchev–Trinajstić information content (AvgIpc) is 2.33. The molecule has 0 radical (unpaired) electrons. The van der Waals surface area contributed by atoms with Crippen LogP contribution in [-0.2, 0) is 4.74 Å². The Morgan fingerprint density at radius 1 is 1.53 bits per heavy atom. The Bertz CT molecular complexity index is 398. The number of carbonyl (C=O) groups excluding carboxylic acids is 1. The summed E-state index contributed by atoms with van der Waals surface area (Å²) in [5, 5.41) is 0.599. The third kappa shape index (κ3) is 3.98. The molecular weight excluding hydrogens is 305 g/mol. The summed E-state index contributed by atoms with van der Waals surface area (Å²) >= 11 is 9.20. The van der Waals surface area contributed by atoms with E-state index in [0.717, 1.165) is 4.47 Å². The number of halogens is 2. The zero-order chi connectivity index (χ0) is 12.8. The Hall–Kier alpha value is -0.580.